The van der Waals surface area contributed by atoms with Gasteiger partial charge in [-0.05, 0) is 37.7 Å². The number of aryl methyl sites for hydroxylation is 2. The van der Waals surface area contributed by atoms with Crippen LogP contribution < -0.4 is 5.32 Å². The van der Waals surface area contributed by atoms with Crippen molar-refractivity contribution in [2.45, 2.75) is 19.1 Å². The van der Waals surface area contributed by atoms with E-state index in [1.165, 1.54) is 0 Å². The number of nitrogens with one attached hydrogen (secondary N) is 1. The summed E-state index contributed by atoms with van der Waals surface area (Å²) in [6.07, 6.45) is 3.45. The lowest BCUT2D eigenvalue weighted by molar-refractivity contribution is -0.0626. The Labute approximate surface area is 153 Å². The third-order valence-electron chi connectivity index (χ3n) is 4.82. The molecule has 0 bridgehead atoms. The van der Waals surface area contributed by atoms with Crippen molar-refractivity contribution in [2.75, 3.05) is 26.7 Å². The van der Waals surface area contributed by atoms with Gasteiger partial charge in [-0.15, -0.1) is 0 Å². The lowest BCUT2D eigenvalue weighted by Gasteiger charge is -2.39. The number of hydrogen-bond donors (Lipinski definition) is 1. The van der Waals surface area contributed by atoms with Crippen molar-refractivity contribution in [1.82, 2.24) is 19.8 Å². The topological polar surface area (TPSA) is 83.2 Å². The summed E-state index contributed by atoms with van der Waals surface area (Å²) < 4.78 is 7.93. The van der Waals surface area contributed by atoms with Crippen LogP contribution in [0.2, 0.25) is 0 Å². The Hall–Kier alpha value is -2.69. The predicted molar refractivity (Wildman–Crippen MR) is 96.5 cm³/mol. The molecule has 1 aliphatic heterocycles. The Morgan fingerprint density at radius 1 is 1.46 bits per heavy atom. The summed E-state index contributed by atoms with van der Waals surface area (Å²) in [5.41, 5.74) is 2.96. The lowest BCUT2D eigenvalue weighted by Crippen LogP contribution is -2.48. The molecular formula is C19H23N5O2. The first-order chi connectivity index (χ1) is 12.5. The smallest absolute Gasteiger partial charge is 0.251 e. The second-order valence-electron chi connectivity index (χ2n) is 6.62. The molecule has 1 amide bonds. The van der Waals surface area contributed by atoms with Gasteiger partial charge in [-0.1, -0.05) is 0 Å². The van der Waals surface area contributed by atoms with Crippen LogP contribution >= 0.6 is 0 Å². The fourth-order valence-corrected chi connectivity index (χ4v) is 3.38. The van der Waals surface area contributed by atoms with Gasteiger partial charge in [0.15, 0.2) is 0 Å². The van der Waals surface area contributed by atoms with Gasteiger partial charge in [0, 0.05) is 31.9 Å². The Morgan fingerprint density at radius 3 is 2.92 bits per heavy atom. The zero-order valence-corrected chi connectivity index (χ0v) is 15.3. The van der Waals surface area contributed by atoms with Crippen molar-refractivity contribution in [2.24, 2.45) is 7.05 Å². The average molecular weight is 353 g/mol. The van der Waals surface area contributed by atoms with Crippen molar-refractivity contribution in [3.05, 3.63) is 53.1 Å². The van der Waals surface area contributed by atoms with Crippen LogP contribution in [0.5, 0.6) is 0 Å². The molecule has 0 spiro atoms. The van der Waals surface area contributed by atoms with Gasteiger partial charge in [-0.3, -0.25) is 9.69 Å². The fourth-order valence-electron chi connectivity index (χ4n) is 3.38. The highest BCUT2D eigenvalue weighted by Gasteiger charge is 2.33. The summed E-state index contributed by atoms with van der Waals surface area (Å²) in [4.78, 5) is 19.0. The summed E-state index contributed by atoms with van der Waals surface area (Å²) in [5.74, 6) is -0.160. The van der Waals surface area contributed by atoms with Gasteiger partial charge in [0.2, 0.25) is 0 Å². The lowest BCUT2D eigenvalue weighted by atomic mass is 10.0. The molecule has 7 nitrogen and oxygen atoms in total. The number of aromatic nitrogens is 2. The first-order valence-electron chi connectivity index (χ1n) is 8.58. The molecule has 7 heteroatoms. The zero-order chi connectivity index (χ0) is 18.7. The molecule has 3 rings (SSSR count). The van der Waals surface area contributed by atoms with Crippen molar-refractivity contribution in [3.8, 4) is 6.07 Å². The number of ether oxygens (including phenoxy) is 1. The molecule has 2 heterocycles. The number of benzene rings is 1. The number of morpholine rings is 1. The molecule has 1 N–H and O–H groups in total. The molecule has 1 saturated heterocycles. The monoisotopic (exact) mass is 353 g/mol. The van der Waals surface area contributed by atoms with Gasteiger partial charge < -0.3 is 14.6 Å². The highest BCUT2D eigenvalue weighted by atomic mass is 16.5. The highest BCUT2D eigenvalue weighted by Crippen LogP contribution is 2.27. The number of rotatable bonds is 4. The van der Waals surface area contributed by atoms with Crippen molar-refractivity contribution >= 4 is 5.91 Å². The molecule has 1 aliphatic rings. The summed E-state index contributed by atoms with van der Waals surface area (Å²) in [6, 6.07) is 7.18. The van der Waals surface area contributed by atoms with E-state index >= 15 is 0 Å². The largest absolute Gasteiger partial charge is 0.373 e. The number of amides is 1. The van der Waals surface area contributed by atoms with Crippen LogP contribution in [0.4, 0.5) is 0 Å². The predicted octanol–water partition coefficient (Wildman–Crippen LogP) is 1.40. The second kappa shape index (κ2) is 7.68. The van der Waals surface area contributed by atoms with Gasteiger partial charge >= 0.3 is 0 Å². The van der Waals surface area contributed by atoms with Gasteiger partial charge in [0.05, 0.1) is 42.4 Å². The molecule has 2 aromatic rings. The number of nitrogens with zero attached hydrogens (tertiary/aromatic N) is 4. The van der Waals surface area contributed by atoms with Crippen LogP contribution in [0.15, 0.2) is 30.7 Å². The fraction of sp³-hybridized carbons (Fsp3) is 0.421. The SMILES string of the molecule is Cc1cc(C#N)ccc1C(=O)NC[C@@H]1OCCN(C)[C@H]1c1cncn1C. The molecule has 0 saturated carbocycles. The highest BCUT2D eigenvalue weighted by molar-refractivity contribution is 5.95. The van der Waals surface area contributed by atoms with Crippen LogP contribution in [0.25, 0.3) is 0 Å². The van der Waals surface area contributed by atoms with Gasteiger partial charge in [-0.25, -0.2) is 4.98 Å². The molecular weight excluding hydrogens is 330 g/mol. The van der Waals surface area contributed by atoms with Gasteiger partial charge in [0.25, 0.3) is 5.91 Å². The van der Waals surface area contributed by atoms with Crippen molar-refractivity contribution in [3.63, 3.8) is 0 Å². The molecule has 1 fully saturated rings. The number of likely N-dealkylation sites (N-methyl/N-ethyl adjacent to an activating group) is 1. The normalized spacial score (nSPS) is 20.5. The maximum absolute atomic E-state index is 12.6. The summed E-state index contributed by atoms with van der Waals surface area (Å²) in [5, 5.41) is 11.9. The van der Waals surface area contributed by atoms with E-state index in [-0.39, 0.29) is 18.1 Å². The number of hydrogen-bond acceptors (Lipinski definition) is 5. The minimum absolute atomic E-state index is 0.0265. The van der Waals surface area contributed by atoms with E-state index in [0.29, 0.717) is 24.3 Å². The van der Waals surface area contributed by atoms with Crippen molar-refractivity contribution < 1.29 is 9.53 Å². The van der Waals surface area contributed by atoms with E-state index in [2.05, 4.69) is 28.3 Å². The zero-order valence-electron chi connectivity index (χ0n) is 15.3. The van der Waals surface area contributed by atoms with Gasteiger partial charge in [-0.2, -0.15) is 5.26 Å². The summed E-state index contributed by atoms with van der Waals surface area (Å²) in [6.45, 7) is 3.69. The van der Waals surface area contributed by atoms with E-state index in [1.54, 1.807) is 24.5 Å². The maximum Gasteiger partial charge on any atom is 0.251 e. The van der Waals surface area contributed by atoms with E-state index in [1.807, 2.05) is 24.7 Å². The second-order valence-corrected chi connectivity index (χ2v) is 6.62. The van der Waals surface area contributed by atoms with Crippen molar-refractivity contribution in [1.29, 1.82) is 5.26 Å². The first-order valence-corrected chi connectivity index (χ1v) is 8.58. The Balaban J connectivity index is 1.72. The number of imidazole rings is 1. The van der Waals surface area contributed by atoms with Crippen LogP contribution in [-0.4, -0.2) is 53.2 Å². The Kier molecular flexibility index (Phi) is 5.35. The minimum Gasteiger partial charge on any atom is -0.373 e. The Morgan fingerprint density at radius 2 is 2.27 bits per heavy atom. The average Bonchev–Trinajstić information content (AvgIpc) is 3.05. The van der Waals surface area contributed by atoms with Crippen LogP contribution in [0.1, 0.15) is 33.2 Å². The molecule has 26 heavy (non-hydrogen) atoms. The van der Waals surface area contributed by atoms with Crippen LogP contribution in [0, 0.1) is 18.3 Å². The number of nitriles is 1. The van der Waals surface area contributed by atoms with Gasteiger partial charge in [0.1, 0.15) is 0 Å². The Bertz CT molecular complexity index is 839. The van der Waals surface area contributed by atoms with Crippen LogP contribution in [0.3, 0.4) is 0 Å². The standard InChI is InChI=1S/C19H23N5O2/c1-13-8-14(9-20)4-5-15(13)19(25)22-11-17-18(23(2)6-7-26-17)16-10-21-12-24(16)3/h4-5,8,10,12,17-18H,6-7,11H2,1-3H3,(H,22,25)/t17-,18-/m0/s1. The number of carbonyl (C=O) groups is 1. The summed E-state index contributed by atoms with van der Waals surface area (Å²) in [7, 11) is 4.01. The van der Waals surface area contributed by atoms with E-state index in [0.717, 1.165) is 17.8 Å². The number of carbonyl (C=O) groups excluding carboxylic acids is 1. The van der Waals surface area contributed by atoms with E-state index in [4.69, 9.17) is 10.00 Å². The molecule has 136 valence electrons. The molecule has 0 aliphatic carbocycles. The quantitative estimate of drug-likeness (QED) is 0.898. The molecule has 1 aromatic carbocycles. The molecule has 1 aromatic heterocycles. The molecule has 0 unspecified atom stereocenters. The molecule has 0 radical (unpaired) electrons. The first kappa shape index (κ1) is 18.1. The maximum atomic E-state index is 12.6. The summed E-state index contributed by atoms with van der Waals surface area (Å²) >= 11 is 0. The van der Waals surface area contributed by atoms with E-state index < -0.39 is 0 Å². The molecule has 2 atom stereocenters. The van der Waals surface area contributed by atoms with E-state index in [9.17, 15) is 4.79 Å². The van der Waals surface area contributed by atoms with Crippen LogP contribution in [-0.2, 0) is 11.8 Å². The third kappa shape index (κ3) is 3.62. The minimum atomic E-state index is -0.160. The third-order valence-corrected chi connectivity index (χ3v) is 4.82.